The molecule has 14 heavy (non-hydrogen) atoms. The molecule has 0 atom stereocenters. The van der Waals surface area contributed by atoms with Crippen LogP contribution >= 0.6 is 0 Å². The molecule has 0 unspecified atom stereocenters. The quantitative estimate of drug-likeness (QED) is 0.505. The third-order valence-corrected chi connectivity index (χ3v) is 2.12. The van der Waals surface area contributed by atoms with Crippen LogP contribution < -0.4 is 5.32 Å². The minimum atomic E-state index is 0.126. The van der Waals surface area contributed by atoms with Gasteiger partial charge in [0.25, 0.3) is 0 Å². The van der Waals surface area contributed by atoms with Gasteiger partial charge in [-0.1, -0.05) is 0 Å². The molecule has 3 heteroatoms. The van der Waals surface area contributed by atoms with E-state index in [1.165, 1.54) is 0 Å². The second kappa shape index (κ2) is 7.40. The number of hydrogen-bond donors (Lipinski definition) is 1. The number of carbonyl (C=O) groups is 1. The van der Waals surface area contributed by atoms with Gasteiger partial charge in [-0.25, -0.2) is 0 Å². The van der Waals surface area contributed by atoms with E-state index >= 15 is 0 Å². The lowest BCUT2D eigenvalue weighted by Crippen LogP contribution is -2.39. The van der Waals surface area contributed by atoms with Crippen molar-refractivity contribution in [2.75, 3.05) is 20.1 Å². The lowest BCUT2D eigenvalue weighted by atomic mass is 10.3. The second-order valence-electron chi connectivity index (χ2n) is 3.58. The van der Waals surface area contributed by atoms with Crippen molar-refractivity contribution in [1.82, 2.24) is 10.2 Å². The van der Waals surface area contributed by atoms with Crippen molar-refractivity contribution in [2.24, 2.45) is 0 Å². The van der Waals surface area contributed by atoms with Gasteiger partial charge >= 0.3 is 0 Å². The van der Waals surface area contributed by atoms with E-state index in [1.54, 1.807) is 4.90 Å². The van der Waals surface area contributed by atoms with Gasteiger partial charge in [0.1, 0.15) is 0 Å². The molecule has 0 aliphatic heterocycles. The van der Waals surface area contributed by atoms with E-state index in [0.29, 0.717) is 6.54 Å². The molecule has 1 amide bonds. The fourth-order valence-corrected chi connectivity index (χ4v) is 0.923. The zero-order valence-corrected chi connectivity index (χ0v) is 9.34. The van der Waals surface area contributed by atoms with Crippen LogP contribution in [0.5, 0.6) is 0 Å². The van der Waals surface area contributed by atoms with E-state index in [2.05, 4.69) is 11.2 Å². The third-order valence-electron chi connectivity index (χ3n) is 2.12. The topological polar surface area (TPSA) is 32.3 Å². The summed E-state index contributed by atoms with van der Waals surface area (Å²) in [5.74, 6) is 2.69. The molecule has 80 valence electrons. The van der Waals surface area contributed by atoms with Gasteiger partial charge in [-0.2, -0.15) is 0 Å². The highest BCUT2D eigenvalue weighted by molar-refractivity contribution is 5.78. The van der Waals surface area contributed by atoms with E-state index in [9.17, 15) is 4.79 Å². The fourth-order valence-electron chi connectivity index (χ4n) is 0.923. The molecule has 1 N–H and O–H groups in total. The zero-order valence-electron chi connectivity index (χ0n) is 9.34. The number of rotatable bonds is 6. The molecular weight excluding hydrogens is 176 g/mol. The Bertz CT molecular complexity index is 206. The van der Waals surface area contributed by atoms with E-state index in [4.69, 9.17) is 6.42 Å². The number of nitrogens with zero attached hydrogens (tertiary/aromatic N) is 1. The van der Waals surface area contributed by atoms with Crippen LogP contribution in [0.15, 0.2) is 0 Å². The van der Waals surface area contributed by atoms with Crippen LogP contribution in [0.2, 0.25) is 0 Å². The van der Waals surface area contributed by atoms with E-state index in [-0.39, 0.29) is 11.9 Å². The standard InChI is InChI=1S/C11H20N2O/c1-5-6-7-8-12-9-11(14)13(4)10(2)3/h1,10,12H,6-9H2,2-4H3. The summed E-state index contributed by atoms with van der Waals surface area (Å²) in [5, 5.41) is 3.07. The Morgan fingerprint density at radius 3 is 2.71 bits per heavy atom. The van der Waals surface area contributed by atoms with Crippen molar-refractivity contribution in [3.8, 4) is 12.3 Å². The minimum Gasteiger partial charge on any atom is -0.342 e. The van der Waals surface area contributed by atoms with Crippen LogP contribution in [0.1, 0.15) is 26.7 Å². The first-order valence-corrected chi connectivity index (χ1v) is 4.99. The molecule has 0 aromatic rings. The highest BCUT2D eigenvalue weighted by Gasteiger charge is 2.10. The monoisotopic (exact) mass is 196 g/mol. The highest BCUT2D eigenvalue weighted by Crippen LogP contribution is 1.93. The van der Waals surface area contributed by atoms with Gasteiger partial charge in [0.05, 0.1) is 6.54 Å². The molecule has 0 aromatic heterocycles. The van der Waals surface area contributed by atoms with Gasteiger partial charge in [-0.05, 0) is 26.8 Å². The summed E-state index contributed by atoms with van der Waals surface area (Å²) in [5.41, 5.74) is 0. The molecular formula is C11H20N2O. The maximum atomic E-state index is 11.4. The molecule has 0 aliphatic rings. The summed E-state index contributed by atoms with van der Waals surface area (Å²) in [6.45, 7) is 5.20. The van der Waals surface area contributed by atoms with Crippen molar-refractivity contribution in [2.45, 2.75) is 32.7 Å². The highest BCUT2D eigenvalue weighted by atomic mass is 16.2. The van der Waals surface area contributed by atoms with Crippen molar-refractivity contribution >= 4 is 5.91 Å². The Kier molecular flexibility index (Phi) is 6.87. The summed E-state index contributed by atoms with van der Waals surface area (Å²) in [6.07, 6.45) is 6.80. The van der Waals surface area contributed by atoms with Crippen molar-refractivity contribution in [1.29, 1.82) is 0 Å². The van der Waals surface area contributed by atoms with Crippen molar-refractivity contribution < 1.29 is 4.79 Å². The molecule has 0 rings (SSSR count). The lowest BCUT2D eigenvalue weighted by molar-refractivity contribution is -0.130. The molecule has 0 fully saturated rings. The number of likely N-dealkylation sites (N-methyl/N-ethyl adjacent to an activating group) is 1. The first-order chi connectivity index (χ1) is 6.59. The first kappa shape index (κ1) is 13.0. The molecule has 0 spiro atoms. The van der Waals surface area contributed by atoms with Crippen LogP contribution in [0.4, 0.5) is 0 Å². The van der Waals surface area contributed by atoms with Crippen LogP contribution in [0, 0.1) is 12.3 Å². The predicted octanol–water partition coefficient (Wildman–Crippen LogP) is 0.856. The average Bonchev–Trinajstić information content (AvgIpc) is 2.16. The van der Waals surface area contributed by atoms with E-state index in [1.807, 2.05) is 20.9 Å². The molecule has 3 nitrogen and oxygen atoms in total. The van der Waals surface area contributed by atoms with Gasteiger partial charge in [0.15, 0.2) is 0 Å². The summed E-state index contributed by atoms with van der Waals surface area (Å²) >= 11 is 0. The molecule has 0 aromatic carbocycles. The van der Waals surface area contributed by atoms with Crippen LogP contribution in [0.3, 0.4) is 0 Å². The number of unbranched alkanes of at least 4 members (excludes halogenated alkanes) is 1. The molecule has 0 radical (unpaired) electrons. The van der Waals surface area contributed by atoms with Gasteiger partial charge in [-0.15, -0.1) is 12.3 Å². The summed E-state index contributed by atoms with van der Waals surface area (Å²) in [6, 6.07) is 0.259. The molecule has 0 saturated carbocycles. The second-order valence-corrected chi connectivity index (χ2v) is 3.58. The van der Waals surface area contributed by atoms with Crippen LogP contribution in [0.25, 0.3) is 0 Å². The van der Waals surface area contributed by atoms with Gasteiger partial charge in [0, 0.05) is 19.5 Å². The van der Waals surface area contributed by atoms with Gasteiger partial charge in [0.2, 0.25) is 5.91 Å². The minimum absolute atomic E-state index is 0.126. The fraction of sp³-hybridized carbons (Fsp3) is 0.727. The first-order valence-electron chi connectivity index (χ1n) is 4.99. The van der Waals surface area contributed by atoms with Gasteiger partial charge < -0.3 is 10.2 Å². The van der Waals surface area contributed by atoms with Crippen LogP contribution in [-0.2, 0) is 4.79 Å². The maximum absolute atomic E-state index is 11.4. The Morgan fingerprint density at radius 2 is 2.21 bits per heavy atom. The summed E-state index contributed by atoms with van der Waals surface area (Å²) in [4.78, 5) is 13.2. The number of hydrogen-bond acceptors (Lipinski definition) is 2. The third kappa shape index (κ3) is 5.60. The number of terminal acetylenes is 1. The number of carbonyl (C=O) groups excluding carboxylic acids is 1. The lowest BCUT2D eigenvalue weighted by Gasteiger charge is -2.21. The van der Waals surface area contributed by atoms with Crippen molar-refractivity contribution in [3.63, 3.8) is 0 Å². The van der Waals surface area contributed by atoms with E-state index in [0.717, 1.165) is 19.4 Å². The Hall–Kier alpha value is -1.01. The van der Waals surface area contributed by atoms with Crippen LogP contribution in [-0.4, -0.2) is 37.0 Å². The maximum Gasteiger partial charge on any atom is 0.236 e. The Morgan fingerprint density at radius 1 is 1.57 bits per heavy atom. The number of nitrogens with one attached hydrogen (secondary N) is 1. The normalized spacial score (nSPS) is 9.93. The summed E-state index contributed by atoms with van der Waals surface area (Å²) < 4.78 is 0. The van der Waals surface area contributed by atoms with E-state index < -0.39 is 0 Å². The Labute approximate surface area is 86.9 Å². The largest absolute Gasteiger partial charge is 0.342 e. The van der Waals surface area contributed by atoms with Gasteiger partial charge in [-0.3, -0.25) is 4.79 Å². The average molecular weight is 196 g/mol. The molecule has 0 bridgehead atoms. The SMILES string of the molecule is C#CCCCNCC(=O)N(C)C(C)C. The smallest absolute Gasteiger partial charge is 0.236 e. The molecule has 0 aliphatic carbocycles. The van der Waals surface area contributed by atoms with Crippen molar-refractivity contribution in [3.05, 3.63) is 0 Å². The zero-order chi connectivity index (χ0) is 11.0. The number of amides is 1. The molecule has 0 heterocycles. The summed E-state index contributed by atoms with van der Waals surface area (Å²) in [7, 11) is 1.82. The Balaban J connectivity index is 3.50. The molecule has 0 saturated heterocycles. The predicted molar refractivity (Wildman–Crippen MR) is 58.8 cm³/mol.